The van der Waals surface area contributed by atoms with Crippen LogP contribution in [-0.2, 0) is 16.1 Å². The predicted molar refractivity (Wildman–Crippen MR) is 57.4 cm³/mol. The van der Waals surface area contributed by atoms with Gasteiger partial charge in [0.2, 0.25) is 0 Å². The van der Waals surface area contributed by atoms with Crippen molar-refractivity contribution >= 4 is 5.97 Å². The smallest absolute Gasteiger partial charge is 0.313 e. The van der Waals surface area contributed by atoms with E-state index in [2.05, 4.69) is 0 Å². The van der Waals surface area contributed by atoms with Gasteiger partial charge >= 0.3 is 5.97 Å². The van der Waals surface area contributed by atoms with Crippen LogP contribution in [0.3, 0.4) is 0 Å². The summed E-state index contributed by atoms with van der Waals surface area (Å²) in [6.07, 6.45) is 0. The largest absolute Gasteiger partial charge is 0.466 e. The molecule has 3 heteroatoms. The molecule has 82 valence electrons. The Morgan fingerprint density at radius 2 is 2.00 bits per heavy atom. The summed E-state index contributed by atoms with van der Waals surface area (Å²) in [5, 5.41) is 8.87. The maximum Gasteiger partial charge on any atom is 0.313 e. The lowest BCUT2D eigenvalue weighted by Gasteiger charge is -2.10. The van der Waals surface area contributed by atoms with Gasteiger partial charge in [-0.1, -0.05) is 24.3 Å². The van der Waals surface area contributed by atoms with E-state index in [9.17, 15) is 4.79 Å². The molecule has 0 amide bonds. The molecule has 1 rings (SSSR count). The number of carbonyl (C=O) groups is 1. The Morgan fingerprint density at radius 1 is 1.40 bits per heavy atom. The fourth-order valence-electron chi connectivity index (χ4n) is 1.32. The summed E-state index contributed by atoms with van der Waals surface area (Å²) in [4.78, 5) is 11.4. The highest BCUT2D eigenvalue weighted by Gasteiger charge is 2.15. The molecule has 0 spiro atoms. The molecular weight excluding hydrogens is 192 g/mol. The minimum absolute atomic E-state index is 0.0219. The van der Waals surface area contributed by atoms with Crippen molar-refractivity contribution in [2.45, 2.75) is 26.4 Å². The van der Waals surface area contributed by atoms with Crippen molar-refractivity contribution in [3.63, 3.8) is 0 Å². The Hall–Kier alpha value is -1.35. The average molecular weight is 208 g/mol. The number of hydrogen-bond acceptors (Lipinski definition) is 3. The van der Waals surface area contributed by atoms with Gasteiger partial charge < -0.3 is 9.84 Å². The van der Waals surface area contributed by atoms with E-state index < -0.39 is 0 Å². The standard InChI is InChI=1S/C12H16O3/c1-3-15-12(14)9(2)11-6-4-10(8-13)5-7-11/h4-7,9,13H,3,8H2,1-2H3. The normalized spacial score (nSPS) is 12.2. The summed E-state index contributed by atoms with van der Waals surface area (Å²) in [7, 11) is 0. The lowest BCUT2D eigenvalue weighted by molar-refractivity contribution is -0.144. The summed E-state index contributed by atoms with van der Waals surface area (Å²) in [5.74, 6) is -0.466. The highest BCUT2D eigenvalue weighted by molar-refractivity contribution is 5.77. The first kappa shape index (κ1) is 11.7. The first-order valence-electron chi connectivity index (χ1n) is 5.05. The number of hydrogen-bond donors (Lipinski definition) is 1. The van der Waals surface area contributed by atoms with Crippen LogP contribution in [0, 0.1) is 0 Å². The van der Waals surface area contributed by atoms with Crippen molar-refractivity contribution in [2.24, 2.45) is 0 Å². The van der Waals surface area contributed by atoms with Crippen LogP contribution in [0.2, 0.25) is 0 Å². The second-order valence-corrected chi connectivity index (χ2v) is 3.37. The van der Waals surface area contributed by atoms with Crippen LogP contribution in [0.5, 0.6) is 0 Å². The van der Waals surface area contributed by atoms with E-state index in [1.54, 1.807) is 6.92 Å². The Balaban J connectivity index is 2.73. The van der Waals surface area contributed by atoms with E-state index in [4.69, 9.17) is 9.84 Å². The van der Waals surface area contributed by atoms with Gasteiger partial charge in [-0.2, -0.15) is 0 Å². The van der Waals surface area contributed by atoms with Crippen molar-refractivity contribution in [2.75, 3.05) is 6.61 Å². The average Bonchev–Trinajstić information content (AvgIpc) is 2.28. The third-order valence-corrected chi connectivity index (χ3v) is 2.30. The molecule has 0 aliphatic rings. The molecule has 0 heterocycles. The van der Waals surface area contributed by atoms with Crippen LogP contribution in [0.4, 0.5) is 0 Å². The third-order valence-electron chi connectivity index (χ3n) is 2.30. The molecule has 1 atom stereocenters. The molecule has 0 aliphatic heterocycles. The number of ether oxygens (including phenoxy) is 1. The van der Waals surface area contributed by atoms with Crippen LogP contribution in [0.1, 0.15) is 30.9 Å². The number of aliphatic hydroxyl groups is 1. The molecule has 3 nitrogen and oxygen atoms in total. The molecule has 1 aromatic carbocycles. The van der Waals surface area contributed by atoms with Gasteiger partial charge in [0, 0.05) is 0 Å². The number of esters is 1. The minimum atomic E-state index is -0.252. The Kier molecular flexibility index (Phi) is 4.31. The van der Waals surface area contributed by atoms with Crippen molar-refractivity contribution in [3.05, 3.63) is 35.4 Å². The van der Waals surface area contributed by atoms with Crippen molar-refractivity contribution in [1.82, 2.24) is 0 Å². The Labute approximate surface area is 89.7 Å². The monoisotopic (exact) mass is 208 g/mol. The summed E-state index contributed by atoms with van der Waals surface area (Å²) in [6, 6.07) is 7.30. The van der Waals surface area contributed by atoms with E-state index in [1.165, 1.54) is 0 Å². The van der Waals surface area contributed by atoms with E-state index in [1.807, 2.05) is 31.2 Å². The molecule has 0 aliphatic carbocycles. The van der Waals surface area contributed by atoms with Gasteiger partial charge in [0.15, 0.2) is 0 Å². The van der Waals surface area contributed by atoms with Crippen molar-refractivity contribution in [3.8, 4) is 0 Å². The molecule has 1 unspecified atom stereocenters. The fraction of sp³-hybridized carbons (Fsp3) is 0.417. The number of carbonyl (C=O) groups excluding carboxylic acids is 1. The molecule has 15 heavy (non-hydrogen) atoms. The zero-order chi connectivity index (χ0) is 11.3. The Bertz CT molecular complexity index is 316. The number of rotatable bonds is 4. The SMILES string of the molecule is CCOC(=O)C(C)c1ccc(CO)cc1. The topological polar surface area (TPSA) is 46.5 Å². The molecule has 1 N–H and O–H groups in total. The molecule has 0 saturated carbocycles. The van der Waals surface area contributed by atoms with Gasteiger partial charge in [0.25, 0.3) is 0 Å². The molecule has 0 fully saturated rings. The second kappa shape index (κ2) is 5.51. The van der Waals surface area contributed by atoms with Crippen LogP contribution in [0.15, 0.2) is 24.3 Å². The van der Waals surface area contributed by atoms with Gasteiger partial charge in [-0.25, -0.2) is 0 Å². The van der Waals surface area contributed by atoms with Crippen LogP contribution >= 0.6 is 0 Å². The number of aliphatic hydroxyl groups excluding tert-OH is 1. The Morgan fingerprint density at radius 3 is 2.47 bits per heavy atom. The molecule has 0 bridgehead atoms. The van der Waals surface area contributed by atoms with Crippen LogP contribution in [-0.4, -0.2) is 17.7 Å². The van der Waals surface area contributed by atoms with Gasteiger partial charge in [0.05, 0.1) is 19.1 Å². The lowest BCUT2D eigenvalue weighted by Crippen LogP contribution is -2.12. The number of benzene rings is 1. The van der Waals surface area contributed by atoms with E-state index in [0.29, 0.717) is 6.61 Å². The predicted octanol–water partition coefficient (Wildman–Crippen LogP) is 1.85. The second-order valence-electron chi connectivity index (χ2n) is 3.37. The van der Waals surface area contributed by atoms with E-state index in [-0.39, 0.29) is 18.5 Å². The van der Waals surface area contributed by atoms with Crippen molar-refractivity contribution < 1.29 is 14.6 Å². The molecule has 0 radical (unpaired) electrons. The summed E-state index contributed by atoms with van der Waals surface area (Å²) < 4.78 is 4.93. The van der Waals surface area contributed by atoms with Gasteiger partial charge in [-0.15, -0.1) is 0 Å². The fourth-order valence-corrected chi connectivity index (χ4v) is 1.32. The van der Waals surface area contributed by atoms with Crippen LogP contribution < -0.4 is 0 Å². The zero-order valence-electron chi connectivity index (χ0n) is 9.06. The molecular formula is C12H16O3. The van der Waals surface area contributed by atoms with Gasteiger partial charge in [-0.3, -0.25) is 4.79 Å². The lowest BCUT2D eigenvalue weighted by atomic mass is 10.0. The minimum Gasteiger partial charge on any atom is -0.466 e. The highest BCUT2D eigenvalue weighted by atomic mass is 16.5. The van der Waals surface area contributed by atoms with E-state index >= 15 is 0 Å². The summed E-state index contributed by atoms with van der Waals surface area (Å²) >= 11 is 0. The summed E-state index contributed by atoms with van der Waals surface area (Å²) in [5.41, 5.74) is 1.75. The first-order valence-corrected chi connectivity index (χ1v) is 5.05. The maximum absolute atomic E-state index is 11.4. The zero-order valence-corrected chi connectivity index (χ0v) is 9.06. The summed E-state index contributed by atoms with van der Waals surface area (Å²) in [6.45, 7) is 4.03. The van der Waals surface area contributed by atoms with E-state index in [0.717, 1.165) is 11.1 Å². The highest BCUT2D eigenvalue weighted by Crippen LogP contribution is 2.17. The van der Waals surface area contributed by atoms with Crippen LogP contribution in [0.25, 0.3) is 0 Å². The maximum atomic E-state index is 11.4. The first-order chi connectivity index (χ1) is 7.19. The molecule has 1 aromatic rings. The quantitative estimate of drug-likeness (QED) is 0.768. The third kappa shape index (κ3) is 3.06. The molecule has 0 aromatic heterocycles. The van der Waals surface area contributed by atoms with Gasteiger partial charge in [-0.05, 0) is 25.0 Å². The van der Waals surface area contributed by atoms with Gasteiger partial charge in [0.1, 0.15) is 0 Å². The molecule has 0 saturated heterocycles. The van der Waals surface area contributed by atoms with Crippen molar-refractivity contribution in [1.29, 1.82) is 0 Å².